The van der Waals surface area contributed by atoms with Crippen LogP contribution in [0.15, 0.2) is 0 Å². The Bertz CT molecular complexity index is 708. The zero-order valence-electron chi connectivity index (χ0n) is 20.2. The van der Waals surface area contributed by atoms with Crippen LogP contribution in [0.1, 0.15) is 60.8 Å². The molecule has 0 spiro atoms. The van der Waals surface area contributed by atoms with E-state index in [1.807, 2.05) is 0 Å². The van der Waals surface area contributed by atoms with E-state index in [1.165, 1.54) is 41.5 Å². The van der Waals surface area contributed by atoms with Crippen LogP contribution < -0.4 is 0 Å². The molecule has 0 heterocycles. The summed E-state index contributed by atoms with van der Waals surface area (Å²) in [6.45, 7) is 7.87. The standard InChI is InChI=1S/C12H20O7.C9H14O6/c1-4-11(5-2,9(15)16)12(10(17)18,19-6-3)7-8(13)14;1-6(10)13-4-9(15-8(3)12)5-14-7(2)11/h4-7H2,1-3H3,(H,13,14)(H,15,16)(H,17,18);9H,4-5H2,1-3H3. The average Bonchev–Trinajstić information content (AvgIpc) is 2.70. The molecule has 1 unspecified atom stereocenters. The number of hydrogen-bond acceptors (Lipinski definition) is 10. The van der Waals surface area contributed by atoms with E-state index in [-0.39, 0.29) is 32.7 Å². The van der Waals surface area contributed by atoms with Gasteiger partial charge < -0.3 is 34.3 Å². The van der Waals surface area contributed by atoms with Gasteiger partial charge in [-0.25, -0.2) is 4.79 Å². The molecule has 0 aromatic heterocycles. The molecular weight excluding hydrogens is 460 g/mol. The summed E-state index contributed by atoms with van der Waals surface area (Å²) < 4.78 is 19.2. The third-order valence-corrected chi connectivity index (χ3v) is 4.80. The summed E-state index contributed by atoms with van der Waals surface area (Å²) in [6.07, 6.45) is -1.74. The maximum atomic E-state index is 11.6. The van der Waals surface area contributed by atoms with Crippen molar-refractivity contribution in [2.45, 2.75) is 72.5 Å². The number of rotatable bonds is 14. The molecule has 196 valence electrons. The molecular formula is C21H34O13. The van der Waals surface area contributed by atoms with Crippen molar-refractivity contribution in [3.63, 3.8) is 0 Å². The first-order valence-electron chi connectivity index (χ1n) is 10.4. The van der Waals surface area contributed by atoms with Crippen molar-refractivity contribution in [3.8, 4) is 0 Å². The smallest absolute Gasteiger partial charge is 0.337 e. The molecule has 0 aromatic rings. The lowest BCUT2D eigenvalue weighted by molar-refractivity contribution is -0.205. The average molecular weight is 494 g/mol. The minimum Gasteiger partial charge on any atom is -0.481 e. The quantitative estimate of drug-likeness (QED) is 0.230. The molecule has 0 aliphatic heterocycles. The van der Waals surface area contributed by atoms with Crippen LogP contribution >= 0.6 is 0 Å². The van der Waals surface area contributed by atoms with Crippen molar-refractivity contribution in [2.24, 2.45) is 5.41 Å². The van der Waals surface area contributed by atoms with Gasteiger partial charge in [-0.1, -0.05) is 13.8 Å². The number of carboxylic acids is 3. The van der Waals surface area contributed by atoms with E-state index in [0.717, 1.165) is 0 Å². The zero-order chi connectivity index (χ0) is 27.1. The summed E-state index contributed by atoms with van der Waals surface area (Å²) in [6, 6.07) is 0. The van der Waals surface area contributed by atoms with Crippen molar-refractivity contribution in [1.29, 1.82) is 0 Å². The van der Waals surface area contributed by atoms with Crippen LogP contribution in [0.3, 0.4) is 0 Å². The van der Waals surface area contributed by atoms with Crippen molar-refractivity contribution in [3.05, 3.63) is 0 Å². The van der Waals surface area contributed by atoms with Crippen molar-refractivity contribution in [2.75, 3.05) is 19.8 Å². The van der Waals surface area contributed by atoms with Gasteiger partial charge in [0.2, 0.25) is 0 Å². The van der Waals surface area contributed by atoms with Gasteiger partial charge in [0.05, 0.1) is 6.42 Å². The molecule has 1 atom stereocenters. The van der Waals surface area contributed by atoms with Gasteiger partial charge in [-0.15, -0.1) is 0 Å². The fraction of sp³-hybridized carbons (Fsp3) is 0.714. The van der Waals surface area contributed by atoms with Gasteiger partial charge in [-0.2, -0.15) is 0 Å². The monoisotopic (exact) mass is 494 g/mol. The molecule has 0 rings (SSSR count). The predicted octanol–water partition coefficient (Wildman–Crippen LogP) is 1.26. The molecule has 13 heteroatoms. The lowest BCUT2D eigenvalue weighted by Gasteiger charge is -2.42. The van der Waals surface area contributed by atoms with Crippen LogP contribution in [0.25, 0.3) is 0 Å². The number of carbonyl (C=O) groups excluding carboxylic acids is 3. The van der Waals surface area contributed by atoms with Crippen LogP contribution in [0.4, 0.5) is 0 Å². The number of carbonyl (C=O) groups is 6. The van der Waals surface area contributed by atoms with Crippen molar-refractivity contribution >= 4 is 35.8 Å². The highest BCUT2D eigenvalue weighted by atomic mass is 16.6. The van der Waals surface area contributed by atoms with Gasteiger partial charge in [0.25, 0.3) is 0 Å². The van der Waals surface area contributed by atoms with Gasteiger partial charge in [0.15, 0.2) is 11.7 Å². The Labute approximate surface area is 197 Å². The second kappa shape index (κ2) is 15.6. The zero-order valence-corrected chi connectivity index (χ0v) is 20.2. The second-order valence-electron chi connectivity index (χ2n) is 7.07. The summed E-state index contributed by atoms with van der Waals surface area (Å²) in [5.41, 5.74) is -4.06. The highest BCUT2D eigenvalue weighted by Gasteiger charge is 2.61. The molecule has 0 bridgehead atoms. The van der Waals surface area contributed by atoms with Gasteiger partial charge in [0, 0.05) is 27.4 Å². The number of aliphatic carboxylic acids is 3. The molecule has 34 heavy (non-hydrogen) atoms. The Hall–Kier alpha value is -3.22. The molecule has 0 aliphatic carbocycles. The number of esters is 3. The summed E-state index contributed by atoms with van der Waals surface area (Å²) in [5.74, 6) is -5.86. The van der Waals surface area contributed by atoms with Crippen LogP contribution in [0, 0.1) is 5.41 Å². The fourth-order valence-corrected chi connectivity index (χ4v) is 3.23. The van der Waals surface area contributed by atoms with Crippen LogP contribution in [-0.2, 0) is 47.7 Å². The third kappa shape index (κ3) is 10.1. The van der Waals surface area contributed by atoms with Gasteiger partial charge in [-0.3, -0.25) is 24.0 Å². The summed E-state index contributed by atoms with van der Waals surface area (Å²) >= 11 is 0. The Balaban J connectivity index is 0. The van der Waals surface area contributed by atoms with E-state index in [2.05, 4.69) is 9.47 Å². The van der Waals surface area contributed by atoms with Crippen molar-refractivity contribution < 1.29 is 63.0 Å². The first-order chi connectivity index (χ1) is 15.6. The molecule has 0 fully saturated rings. The SMILES string of the molecule is CC(=O)OCC(COC(C)=O)OC(C)=O.CCOC(CC(=O)O)(C(=O)O)C(CC)(CC)C(=O)O. The number of ether oxygens (including phenoxy) is 4. The van der Waals surface area contributed by atoms with E-state index in [1.54, 1.807) is 0 Å². The molecule has 0 aliphatic rings. The summed E-state index contributed by atoms with van der Waals surface area (Å²) in [5, 5.41) is 27.7. The first kappa shape index (κ1) is 33.0. The van der Waals surface area contributed by atoms with Gasteiger partial charge in [0.1, 0.15) is 18.6 Å². The maximum Gasteiger partial charge on any atom is 0.337 e. The van der Waals surface area contributed by atoms with Crippen molar-refractivity contribution in [1.82, 2.24) is 0 Å². The minimum atomic E-state index is -2.27. The fourth-order valence-electron chi connectivity index (χ4n) is 3.23. The molecule has 0 amide bonds. The van der Waals surface area contributed by atoms with Gasteiger partial charge >= 0.3 is 35.8 Å². The Morgan fingerprint density at radius 3 is 1.41 bits per heavy atom. The Morgan fingerprint density at radius 2 is 1.18 bits per heavy atom. The second-order valence-corrected chi connectivity index (χ2v) is 7.07. The molecule has 0 saturated carbocycles. The summed E-state index contributed by atoms with van der Waals surface area (Å²) in [7, 11) is 0. The molecule has 0 saturated heterocycles. The topological polar surface area (TPSA) is 200 Å². The number of hydrogen-bond donors (Lipinski definition) is 3. The minimum absolute atomic E-state index is 0.0432. The van der Waals surface area contributed by atoms with E-state index in [0.29, 0.717) is 0 Å². The molecule has 0 aromatic carbocycles. The largest absolute Gasteiger partial charge is 0.481 e. The van der Waals surface area contributed by atoms with Crippen LogP contribution in [0.5, 0.6) is 0 Å². The first-order valence-corrected chi connectivity index (χ1v) is 10.4. The molecule has 0 radical (unpaired) electrons. The Kier molecular flexibility index (Phi) is 15.1. The Morgan fingerprint density at radius 1 is 0.735 bits per heavy atom. The lowest BCUT2D eigenvalue weighted by Crippen LogP contribution is -2.60. The number of carboxylic acid groups (broad SMARTS) is 3. The molecule has 13 nitrogen and oxygen atoms in total. The van der Waals surface area contributed by atoms with E-state index in [4.69, 9.17) is 14.6 Å². The maximum absolute atomic E-state index is 11.6. The lowest BCUT2D eigenvalue weighted by atomic mass is 9.66. The highest BCUT2D eigenvalue weighted by Crippen LogP contribution is 2.44. The predicted molar refractivity (Wildman–Crippen MR) is 114 cm³/mol. The highest BCUT2D eigenvalue weighted by molar-refractivity contribution is 5.92. The van der Waals surface area contributed by atoms with E-state index in [9.17, 15) is 39.0 Å². The summed E-state index contributed by atoms with van der Waals surface area (Å²) in [4.78, 5) is 65.7. The van der Waals surface area contributed by atoms with Gasteiger partial charge in [-0.05, 0) is 19.8 Å². The van der Waals surface area contributed by atoms with E-state index >= 15 is 0 Å². The normalized spacial score (nSPS) is 12.4. The van der Waals surface area contributed by atoms with Crippen LogP contribution in [0.2, 0.25) is 0 Å². The van der Waals surface area contributed by atoms with E-state index < -0.39 is 59.4 Å². The third-order valence-electron chi connectivity index (χ3n) is 4.80. The van der Waals surface area contributed by atoms with Crippen LogP contribution in [-0.4, -0.2) is 82.7 Å². The molecule has 3 N–H and O–H groups in total.